The Labute approximate surface area is 89.1 Å². The fraction of sp³-hybridized carbons (Fsp3) is 0.545. The molecule has 3 heteroatoms. The normalized spacial score (nSPS) is 20.7. The summed E-state index contributed by atoms with van der Waals surface area (Å²) in [6.45, 7) is 5.27. The van der Waals surface area contributed by atoms with Crippen LogP contribution in [0.4, 0.5) is 0 Å². The van der Waals surface area contributed by atoms with Crippen molar-refractivity contribution in [3.8, 4) is 0 Å². The van der Waals surface area contributed by atoms with Crippen LogP contribution in [0.3, 0.4) is 0 Å². The summed E-state index contributed by atoms with van der Waals surface area (Å²) in [5, 5.41) is 10.1. The smallest absolute Gasteiger partial charge is 0.0960 e. The van der Waals surface area contributed by atoms with E-state index in [1.165, 1.54) is 10.4 Å². The number of nitrogens with zero attached hydrogens (tertiary/aromatic N) is 1. The standard InChI is InChI=1S/C11H16N2S/c1-3-11(12)13-6-4-10-9(8(13)2)5-7-14-10/h5,7-8,12H,3-4,6H2,1-2H3. The predicted octanol–water partition coefficient (Wildman–Crippen LogP) is 3.05. The molecule has 1 N–H and O–H groups in total. The van der Waals surface area contributed by atoms with Crippen LogP contribution in [0, 0.1) is 5.41 Å². The van der Waals surface area contributed by atoms with Gasteiger partial charge in [0.2, 0.25) is 0 Å². The van der Waals surface area contributed by atoms with Crippen LogP contribution in [-0.4, -0.2) is 17.3 Å². The first kappa shape index (κ1) is 9.71. The van der Waals surface area contributed by atoms with Crippen molar-refractivity contribution >= 4 is 17.2 Å². The Morgan fingerprint density at radius 2 is 2.50 bits per heavy atom. The van der Waals surface area contributed by atoms with E-state index >= 15 is 0 Å². The van der Waals surface area contributed by atoms with Gasteiger partial charge in [-0.1, -0.05) is 6.92 Å². The first-order chi connectivity index (χ1) is 6.74. The van der Waals surface area contributed by atoms with E-state index in [0.717, 1.165) is 25.2 Å². The zero-order chi connectivity index (χ0) is 10.1. The SMILES string of the molecule is CCC(=N)N1CCc2sccc2C1C. The molecule has 0 saturated carbocycles. The van der Waals surface area contributed by atoms with E-state index in [2.05, 4.69) is 30.2 Å². The Bertz CT molecular complexity index is 343. The molecule has 0 saturated heterocycles. The highest BCUT2D eigenvalue weighted by molar-refractivity contribution is 7.10. The maximum Gasteiger partial charge on any atom is 0.0960 e. The van der Waals surface area contributed by atoms with E-state index in [1.807, 2.05) is 11.3 Å². The van der Waals surface area contributed by atoms with Crippen molar-refractivity contribution in [3.63, 3.8) is 0 Å². The molecule has 0 spiro atoms. The summed E-state index contributed by atoms with van der Waals surface area (Å²) in [6, 6.07) is 2.61. The van der Waals surface area contributed by atoms with Crippen molar-refractivity contribution in [2.45, 2.75) is 32.7 Å². The van der Waals surface area contributed by atoms with Crippen LogP contribution >= 0.6 is 11.3 Å². The lowest BCUT2D eigenvalue weighted by Gasteiger charge is -2.35. The lowest BCUT2D eigenvalue weighted by Crippen LogP contribution is -2.37. The highest BCUT2D eigenvalue weighted by Crippen LogP contribution is 2.32. The van der Waals surface area contributed by atoms with Gasteiger partial charge < -0.3 is 4.90 Å². The molecule has 1 aliphatic heterocycles. The number of hydrogen-bond donors (Lipinski definition) is 1. The monoisotopic (exact) mass is 208 g/mol. The predicted molar refractivity (Wildman–Crippen MR) is 61.2 cm³/mol. The second-order valence-electron chi connectivity index (χ2n) is 3.72. The molecule has 0 fully saturated rings. The number of hydrogen-bond acceptors (Lipinski definition) is 2. The summed E-state index contributed by atoms with van der Waals surface area (Å²) >= 11 is 1.85. The molecule has 0 radical (unpaired) electrons. The van der Waals surface area contributed by atoms with Crippen LogP contribution in [0.2, 0.25) is 0 Å². The average Bonchev–Trinajstić information content (AvgIpc) is 2.66. The summed E-state index contributed by atoms with van der Waals surface area (Å²) in [5.74, 6) is 0.773. The van der Waals surface area contributed by atoms with Gasteiger partial charge in [-0.15, -0.1) is 11.3 Å². The topological polar surface area (TPSA) is 27.1 Å². The molecule has 1 aliphatic rings. The summed E-state index contributed by atoms with van der Waals surface area (Å²) in [5.41, 5.74) is 1.43. The third-order valence-corrected chi connectivity index (χ3v) is 3.96. The molecule has 14 heavy (non-hydrogen) atoms. The highest BCUT2D eigenvalue weighted by Gasteiger charge is 2.25. The maximum absolute atomic E-state index is 7.89. The maximum atomic E-state index is 7.89. The zero-order valence-electron chi connectivity index (χ0n) is 8.71. The number of rotatable bonds is 1. The van der Waals surface area contributed by atoms with Crippen LogP contribution in [0.15, 0.2) is 11.4 Å². The van der Waals surface area contributed by atoms with E-state index in [4.69, 9.17) is 5.41 Å². The van der Waals surface area contributed by atoms with Gasteiger partial charge in [0.05, 0.1) is 11.9 Å². The Morgan fingerprint density at radius 3 is 3.21 bits per heavy atom. The van der Waals surface area contributed by atoms with Crippen molar-refractivity contribution < 1.29 is 0 Å². The third kappa shape index (κ3) is 1.46. The Kier molecular flexibility index (Phi) is 2.59. The minimum atomic E-state index is 0.400. The van der Waals surface area contributed by atoms with Gasteiger partial charge in [0.25, 0.3) is 0 Å². The summed E-state index contributed by atoms with van der Waals surface area (Å²) < 4.78 is 0. The molecule has 2 heterocycles. The fourth-order valence-electron chi connectivity index (χ4n) is 2.08. The largest absolute Gasteiger partial charge is 0.353 e. The molecule has 1 aromatic rings. The minimum absolute atomic E-state index is 0.400. The number of nitrogens with one attached hydrogen (secondary N) is 1. The third-order valence-electron chi connectivity index (χ3n) is 2.96. The molecule has 1 unspecified atom stereocenters. The van der Waals surface area contributed by atoms with E-state index in [9.17, 15) is 0 Å². The van der Waals surface area contributed by atoms with E-state index in [-0.39, 0.29) is 0 Å². The second kappa shape index (κ2) is 3.73. The van der Waals surface area contributed by atoms with Gasteiger partial charge in [-0.2, -0.15) is 0 Å². The Balaban J connectivity index is 2.25. The van der Waals surface area contributed by atoms with Crippen molar-refractivity contribution in [1.29, 1.82) is 5.41 Å². The molecule has 0 aliphatic carbocycles. The molecule has 2 nitrogen and oxygen atoms in total. The van der Waals surface area contributed by atoms with E-state index in [0.29, 0.717) is 6.04 Å². The van der Waals surface area contributed by atoms with Crippen molar-refractivity contribution in [2.24, 2.45) is 0 Å². The Morgan fingerprint density at radius 1 is 1.71 bits per heavy atom. The average molecular weight is 208 g/mol. The van der Waals surface area contributed by atoms with Crippen molar-refractivity contribution in [2.75, 3.05) is 6.54 Å². The van der Waals surface area contributed by atoms with E-state index in [1.54, 1.807) is 0 Å². The van der Waals surface area contributed by atoms with Gasteiger partial charge in [0, 0.05) is 17.8 Å². The van der Waals surface area contributed by atoms with Gasteiger partial charge in [-0.05, 0) is 30.4 Å². The summed E-state index contributed by atoms with van der Waals surface area (Å²) in [6.07, 6.45) is 1.95. The lowest BCUT2D eigenvalue weighted by atomic mass is 10.0. The van der Waals surface area contributed by atoms with Crippen LogP contribution in [0.1, 0.15) is 36.8 Å². The van der Waals surface area contributed by atoms with Gasteiger partial charge in [-0.25, -0.2) is 0 Å². The molecule has 2 rings (SSSR count). The van der Waals surface area contributed by atoms with Crippen LogP contribution < -0.4 is 0 Å². The van der Waals surface area contributed by atoms with Gasteiger partial charge in [0.15, 0.2) is 0 Å². The fourth-order valence-corrected chi connectivity index (χ4v) is 3.04. The molecule has 0 bridgehead atoms. The second-order valence-corrected chi connectivity index (χ2v) is 4.72. The highest BCUT2D eigenvalue weighted by atomic mass is 32.1. The number of fused-ring (bicyclic) bond motifs is 1. The zero-order valence-corrected chi connectivity index (χ0v) is 9.53. The van der Waals surface area contributed by atoms with Crippen molar-refractivity contribution in [1.82, 2.24) is 4.90 Å². The lowest BCUT2D eigenvalue weighted by molar-refractivity contribution is 0.314. The number of amidine groups is 1. The molecule has 0 aromatic carbocycles. The molecule has 76 valence electrons. The molecule has 0 amide bonds. The molecular formula is C11H16N2S. The van der Waals surface area contributed by atoms with Crippen molar-refractivity contribution in [3.05, 3.63) is 21.9 Å². The first-order valence-corrected chi connectivity index (χ1v) is 6.02. The van der Waals surface area contributed by atoms with Gasteiger partial charge in [-0.3, -0.25) is 5.41 Å². The molecule has 1 aromatic heterocycles. The molecular weight excluding hydrogens is 192 g/mol. The Hall–Kier alpha value is -0.830. The van der Waals surface area contributed by atoms with Crippen LogP contribution in [0.25, 0.3) is 0 Å². The van der Waals surface area contributed by atoms with Gasteiger partial charge in [0.1, 0.15) is 0 Å². The van der Waals surface area contributed by atoms with Gasteiger partial charge >= 0.3 is 0 Å². The van der Waals surface area contributed by atoms with Crippen LogP contribution in [-0.2, 0) is 6.42 Å². The summed E-state index contributed by atoms with van der Waals surface area (Å²) in [4.78, 5) is 3.73. The quantitative estimate of drug-likeness (QED) is 0.557. The van der Waals surface area contributed by atoms with E-state index < -0.39 is 0 Å². The molecule has 1 atom stereocenters. The number of thiophene rings is 1. The minimum Gasteiger partial charge on any atom is -0.353 e. The van der Waals surface area contributed by atoms with Crippen LogP contribution in [0.5, 0.6) is 0 Å². The first-order valence-electron chi connectivity index (χ1n) is 5.14. The summed E-state index contributed by atoms with van der Waals surface area (Å²) in [7, 11) is 0.